The Morgan fingerprint density at radius 2 is 1.30 bits per heavy atom. The summed E-state index contributed by atoms with van der Waals surface area (Å²) in [6.07, 6.45) is 4.85. The topological polar surface area (TPSA) is 126 Å². The molecule has 0 radical (unpaired) electrons. The second-order valence-corrected chi connectivity index (χ2v) is 8.66. The number of nitriles is 2. The molecular weight excluding hydrogens is 468 g/mol. The molecule has 0 saturated carbocycles. The lowest BCUT2D eigenvalue weighted by molar-refractivity contribution is -0.138. The van der Waals surface area contributed by atoms with Crippen molar-refractivity contribution < 1.29 is 19.1 Å². The van der Waals surface area contributed by atoms with E-state index in [4.69, 9.17) is 9.47 Å². The third-order valence-electron chi connectivity index (χ3n) is 6.33. The molecule has 5 rings (SSSR count). The number of nitrogens with zero attached hydrogens (tertiary/aromatic N) is 4. The number of benzene rings is 2. The van der Waals surface area contributed by atoms with Crippen molar-refractivity contribution >= 4 is 17.5 Å². The normalized spacial score (nSPS) is 14.6. The number of esters is 2. The summed E-state index contributed by atoms with van der Waals surface area (Å²) in [5.41, 5.74) is 0.516. The van der Waals surface area contributed by atoms with E-state index in [0.29, 0.717) is 34.8 Å². The second kappa shape index (κ2) is 9.88. The van der Waals surface area contributed by atoms with Crippen molar-refractivity contribution in [3.05, 3.63) is 101 Å². The molecule has 0 saturated heterocycles. The molecule has 0 N–H and O–H groups in total. The lowest BCUT2D eigenvalue weighted by atomic mass is 9.73. The summed E-state index contributed by atoms with van der Waals surface area (Å²) in [7, 11) is 0. The van der Waals surface area contributed by atoms with Crippen LogP contribution in [0, 0.1) is 22.7 Å². The van der Waals surface area contributed by atoms with Crippen molar-refractivity contribution in [2.24, 2.45) is 0 Å². The highest BCUT2D eigenvalue weighted by molar-refractivity contribution is 5.93. The highest BCUT2D eigenvalue weighted by atomic mass is 16.5. The number of allylic oxidation sites excluding steroid dienone is 4. The van der Waals surface area contributed by atoms with Crippen LogP contribution in [0.3, 0.4) is 0 Å². The Balaban J connectivity index is 1.62. The van der Waals surface area contributed by atoms with Gasteiger partial charge in [-0.15, -0.1) is 0 Å². The van der Waals surface area contributed by atoms with Crippen molar-refractivity contribution in [1.29, 1.82) is 10.5 Å². The standard InChI is InChI=1S/C29H20N4O4/c30-17-23-24(18-31)33-28-27(32-23)21-13-7-8-14-22(21)29(28,15-25(34)36-19-9-3-1-4-10-19)16-26(35)37-20-11-5-2-6-12-20/h1-6,9-14H,7-8,15-16H2. The first-order valence-electron chi connectivity index (χ1n) is 11.7. The Hall–Kier alpha value is -5.08. The monoisotopic (exact) mass is 488 g/mol. The summed E-state index contributed by atoms with van der Waals surface area (Å²) < 4.78 is 11.2. The van der Waals surface area contributed by atoms with E-state index in [9.17, 15) is 20.1 Å². The molecule has 8 nitrogen and oxygen atoms in total. The van der Waals surface area contributed by atoms with Gasteiger partial charge in [0.05, 0.1) is 29.6 Å². The molecule has 1 aromatic heterocycles. The fraction of sp³-hybridized carbons (Fsp3) is 0.172. The summed E-state index contributed by atoms with van der Waals surface area (Å²) in [5.74, 6) is -0.432. The van der Waals surface area contributed by atoms with E-state index in [0.717, 1.165) is 6.42 Å². The molecule has 37 heavy (non-hydrogen) atoms. The molecule has 0 unspecified atom stereocenters. The first-order chi connectivity index (χ1) is 18.0. The van der Waals surface area contributed by atoms with Crippen LogP contribution in [-0.4, -0.2) is 21.9 Å². The molecule has 0 bridgehead atoms. The Labute approximate surface area is 213 Å². The van der Waals surface area contributed by atoms with Gasteiger partial charge in [0.15, 0.2) is 11.4 Å². The summed E-state index contributed by atoms with van der Waals surface area (Å²) in [6.45, 7) is 0. The summed E-state index contributed by atoms with van der Waals surface area (Å²) in [5, 5.41) is 19.2. The maximum Gasteiger partial charge on any atom is 0.312 e. The molecule has 0 spiro atoms. The molecule has 0 fully saturated rings. The maximum atomic E-state index is 13.3. The van der Waals surface area contributed by atoms with Crippen LogP contribution in [0.15, 0.2) is 78.4 Å². The van der Waals surface area contributed by atoms with E-state index in [1.54, 1.807) is 60.7 Å². The minimum Gasteiger partial charge on any atom is -0.426 e. The SMILES string of the molecule is N#Cc1nc2c(nc1C#N)C(CC(=O)Oc1ccccc1)(CC(=O)Oc1ccccc1)C1=CCCC=C12. The van der Waals surface area contributed by atoms with E-state index in [1.165, 1.54) is 0 Å². The number of fused-ring (bicyclic) bond motifs is 3. The number of para-hydroxylation sites is 2. The quantitative estimate of drug-likeness (QED) is 0.365. The minimum atomic E-state index is -1.29. The van der Waals surface area contributed by atoms with Crippen molar-refractivity contribution in [3.8, 4) is 23.6 Å². The third-order valence-corrected chi connectivity index (χ3v) is 6.33. The van der Waals surface area contributed by atoms with E-state index in [1.807, 2.05) is 24.3 Å². The van der Waals surface area contributed by atoms with Crippen LogP contribution in [0.1, 0.15) is 48.5 Å². The Bertz CT molecular complexity index is 1470. The predicted octanol–water partition coefficient (Wildman–Crippen LogP) is 4.57. The van der Waals surface area contributed by atoms with Gasteiger partial charge in [0.2, 0.25) is 0 Å². The van der Waals surface area contributed by atoms with Gasteiger partial charge in [0, 0.05) is 5.57 Å². The van der Waals surface area contributed by atoms with Crippen LogP contribution < -0.4 is 9.47 Å². The molecule has 0 atom stereocenters. The van der Waals surface area contributed by atoms with Crippen LogP contribution in [-0.2, 0) is 15.0 Å². The van der Waals surface area contributed by atoms with Gasteiger partial charge >= 0.3 is 11.9 Å². The molecule has 0 aliphatic heterocycles. The summed E-state index contributed by atoms with van der Waals surface area (Å²) in [4.78, 5) is 35.5. The fourth-order valence-corrected chi connectivity index (χ4v) is 4.82. The number of ether oxygens (including phenoxy) is 2. The molecule has 8 heteroatoms. The van der Waals surface area contributed by atoms with Crippen molar-refractivity contribution in [1.82, 2.24) is 9.97 Å². The third kappa shape index (κ3) is 4.49. The number of rotatable bonds is 6. The Kier molecular flexibility index (Phi) is 6.32. The minimum absolute atomic E-state index is 0.110. The van der Waals surface area contributed by atoms with Crippen LogP contribution in [0.4, 0.5) is 0 Å². The number of hydrogen-bond donors (Lipinski definition) is 0. The average molecular weight is 489 g/mol. The molecule has 2 aliphatic carbocycles. The van der Waals surface area contributed by atoms with E-state index in [2.05, 4.69) is 9.97 Å². The van der Waals surface area contributed by atoms with Gasteiger partial charge in [-0.25, -0.2) is 9.97 Å². The average Bonchev–Trinajstić information content (AvgIpc) is 3.17. The number of aromatic nitrogens is 2. The zero-order valence-corrected chi connectivity index (χ0v) is 19.7. The van der Waals surface area contributed by atoms with Gasteiger partial charge in [-0.3, -0.25) is 9.59 Å². The van der Waals surface area contributed by atoms with Crippen LogP contribution in [0.5, 0.6) is 11.5 Å². The van der Waals surface area contributed by atoms with E-state index >= 15 is 0 Å². The molecule has 0 amide bonds. The van der Waals surface area contributed by atoms with Crippen LogP contribution >= 0.6 is 0 Å². The molecule has 180 valence electrons. The molecule has 1 heterocycles. The van der Waals surface area contributed by atoms with Crippen molar-refractivity contribution in [2.45, 2.75) is 31.1 Å². The fourth-order valence-electron chi connectivity index (χ4n) is 4.82. The molecular formula is C29H20N4O4. The lowest BCUT2D eigenvalue weighted by Crippen LogP contribution is -2.36. The number of carbonyl (C=O) groups excluding carboxylic acids is 2. The van der Waals surface area contributed by atoms with Crippen LogP contribution in [0.2, 0.25) is 0 Å². The van der Waals surface area contributed by atoms with Gasteiger partial charge in [-0.1, -0.05) is 48.6 Å². The molecule has 2 aliphatic rings. The highest BCUT2D eigenvalue weighted by Gasteiger charge is 2.52. The second-order valence-electron chi connectivity index (χ2n) is 8.66. The molecule has 2 aromatic carbocycles. The number of hydrogen-bond acceptors (Lipinski definition) is 8. The van der Waals surface area contributed by atoms with Gasteiger partial charge in [0.1, 0.15) is 23.6 Å². The molecule has 3 aromatic rings. The largest absolute Gasteiger partial charge is 0.426 e. The van der Waals surface area contributed by atoms with Gasteiger partial charge in [-0.2, -0.15) is 10.5 Å². The first-order valence-corrected chi connectivity index (χ1v) is 11.7. The Morgan fingerprint density at radius 1 is 0.784 bits per heavy atom. The van der Waals surface area contributed by atoms with Crippen LogP contribution in [0.25, 0.3) is 5.57 Å². The summed E-state index contributed by atoms with van der Waals surface area (Å²) >= 11 is 0. The van der Waals surface area contributed by atoms with Gasteiger partial charge in [0.25, 0.3) is 0 Å². The van der Waals surface area contributed by atoms with E-state index in [-0.39, 0.29) is 29.9 Å². The number of carbonyl (C=O) groups is 2. The Morgan fingerprint density at radius 3 is 1.84 bits per heavy atom. The first kappa shape index (κ1) is 23.7. The zero-order valence-electron chi connectivity index (χ0n) is 19.7. The van der Waals surface area contributed by atoms with E-state index < -0.39 is 17.4 Å². The lowest BCUT2D eigenvalue weighted by Gasteiger charge is -2.30. The predicted molar refractivity (Wildman–Crippen MR) is 132 cm³/mol. The van der Waals surface area contributed by atoms with Gasteiger partial charge < -0.3 is 9.47 Å². The zero-order chi connectivity index (χ0) is 25.8. The smallest absolute Gasteiger partial charge is 0.312 e. The highest BCUT2D eigenvalue weighted by Crippen LogP contribution is 2.54. The summed E-state index contributed by atoms with van der Waals surface area (Å²) in [6, 6.07) is 21.1. The van der Waals surface area contributed by atoms with Crippen molar-refractivity contribution in [3.63, 3.8) is 0 Å². The van der Waals surface area contributed by atoms with Gasteiger partial charge in [-0.05, 0) is 42.7 Å². The van der Waals surface area contributed by atoms with Crippen molar-refractivity contribution in [2.75, 3.05) is 0 Å². The maximum absolute atomic E-state index is 13.3.